The second-order valence-electron chi connectivity index (χ2n) is 6.40. The number of amides is 2. The molecule has 0 aliphatic carbocycles. The molecular formula is C19H20N4O2S2. The van der Waals surface area contributed by atoms with Crippen LogP contribution in [0.2, 0.25) is 0 Å². The van der Waals surface area contributed by atoms with Crippen LogP contribution in [0.4, 0.5) is 5.13 Å². The molecule has 8 heteroatoms. The van der Waals surface area contributed by atoms with Crippen LogP contribution in [0.25, 0.3) is 10.9 Å². The number of hydrogen-bond acceptors (Lipinski definition) is 5. The fourth-order valence-electron chi connectivity index (χ4n) is 3.26. The molecule has 0 saturated carbocycles. The largest absolute Gasteiger partial charge is 0.360 e. The Kier molecular flexibility index (Phi) is 4.92. The predicted molar refractivity (Wildman–Crippen MR) is 110 cm³/mol. The van der Waals surface area contributed by atoms with E-state index < -0.39 is 6.04 Å². The third kappa shape index (κ3) is 3.35. The molecule has 2 N–H and O–H groups in total. The fraction of sp³-hybridized carbons (Fsp3) is 0.316. The number of nitrogens with one attached hydrogen (secondary N) is 2. The van der Waals surface area contributed by atoms with Crippen molar-refractivity contribution in [3.63, 3.8) is 0 Å². The van der Waals surface area contributed by atoms with Crippen molar-refractivity contribution in [3.05, 3.63) is 46.6 Å². The molecule has 0 spiro atoms. The van der Waals surface area contributed by atoms with Crippen LogP contribution < -0.4 is 5.32 Å². The molecule has 2 aromatic heterocycles. The van der Waals surface area contributed by atoms with E-state index in [1.54, 1.807) is 22.9 Å². The van der Waals surface area contributed by atoms with Crippen LogP contribution in [0.15, 0.2) is 30.5 Å². The first-order valence-corrected chi connectivity index (χ1v) is 10.8. The van der Waals surface area contributed by atoms with E-state index in [4.69, 9.17) is 0 Å². The van der Waals surface area contributed by atoms with Crippen molar-refractivity contribution in [2.24, 2.45) is 0 Å². The lowest BCUT2D eigenvalue weighted by atomic mass is 10.1. The summed E-state index contributed by atoms with van der Waals surface area (Å²) in [6, 6.07) is 7.19. The van der Waals surface area contributed by atoms with E-state index >= 15 is 0 Å². The fourth-order valence-corrected chi connectivity index (χ4v) is 5.32. The number of aryl methyl sites for hydroxylation is 2. The normalized spacial score (nSPS) is 16.8. The Hall–Kier alpha value is -2.32. The lowest BCUT2D eigenvalue weighted by molar-refractivity contribution is -0.119. The predicted octanol–water partition coefficient (Wildman–Crippen LogP) is 3.65. The van der Waals surface area contributed by atoms with Gasteiger partial charge in [-0.2, -0.15) is 0 Å². The molecule has 0 unspecified atom stereocenters. The Morgan fingerprint density at radius 2 is 2.19 bits per heavy atom. The van der Waals surface area contributed by atoms with Crippen LogP contribution in [0.3, 0.4) is 0 Å². The number of hydrogen-bond donors (Lipinski definition) is 2. The standard InChI is InChI=1S/C19H20N4O2S2/c1-3-14-11(2)27-19(21-14)22-17(24)16-9-26-10-23(16)18(25)13-8-20-15-7-5-4-6-12(13)15/h4-8,16,20H,3,9-10H2,1-2H3,(H,21,22,24)/t16-/m0/s1. The maximum absolute atomic E-state index is 13.1. The van der Waals surface area contributed by atoms with Crippen molar-refractivity contribution in [2.45, 2.75) is 26.3 Å². The van der Waals surface area contributed by atoms with E-state index in [-0.39, 0.29) is 11.8 Å². The number of rotatable bonds is 4. The Labute approximate surface area is 165 Å². The molecule has 1 aliphatic heterocycles. The van der Waals surface area contributed by atoms with E-state index in [2.05, 4.69) is 15.3 Å². The minimum Gasteiger partial charge on any atom is -0.360 e. The van der Waals surface area contributed by atoms with Crippen LogP contribution in [0, 0.1) is 6.92 Å². The van der Waals surface area contributed by atoms with Gasteiger partial charge in [0, 0.05) is 27.7 Å². The highest BCUT2D eigenvalue weighted by Gasteiger charge is 2.36. The van der Waals surface area contributed by atoms with Crippen LogP contribution in [0.5, 0.6) is 0 Å². The number of benzene rings is 1. The summed E-state index contributed by atoms with van der Waals surface area (Å²) in [5.74, 6) is 0.796. The number of para-hydroxylation sites is 1. The molecule has 1 saturated heterocycles. The smallest absolute Gasteiger partial charge is 0.257 e. The summed E-state index contributed by atoms with van der Waals surface area (Å²) in [5.41, 5.74) is 2.52. The molecule has 4 rings (SSSR count). The van der Waals surface area contributed by atoms with Gasteiger partial charge in [-0.05, 0) is 19.4 Å². The third-order valence-corrected chi connectivity index (χ3v) is 6.66. The average Bonchev–Trinajstić information content (AvgIpc) is 3.39. The third-order valence-electron chi connectivity index (χ3n) is 4.72. The summed E-state index contributed by atoms with van der Waals surface area (Å²) in [7, 11) is 0. The summed E-state index contributed by atoms with van der Waals surface area (Å²) < 4.78 is 0. The minimum atomic E-state index is -0.495. The highest BCUT2D eigenvalue weighted by Crippen LogP contribution is 2.28. The molecule has 2 amide bonds. The summed E-state index contributed by atoms with van der Waals surface area (Å²) in [6.45, 7) is 4.05. The van der Waals surface area contributed by atoms with Crippen molar-refractivity contribution in [1.29, 1.82) is 0 Å². The van der Waals surface area contributed by atoms with Gasteiger partial charge in [-0.25, -0.2) is 4.98 Å². The number of fused-ring (bicyclic) bond motifs is 1. The molecular weight excluding hydrogens is 380 g/mol. The van der Waals surface area contributed by atoms with Gasteiger partial charge in [0.2, 0.25) is 5.91 Å². The van der Waals surface area contributed by atoms with Gasteiger partial charge in [-0.15, -0.1) is 23.1 Å². The maximum atomic E-state index is 13.1. The molecule has 1 atom stereocenters. The van der Waals surface area contributed by atoms with Crippen LogP contribution >= 0.6 is 23.1 Å². The van der Waals surface area contributed by atoms with Gasteiger partial charge in [-0.3, -0.25) is 9.59 Å². The molecule has 140 valence electrons. The van der Waals surface area contributed by atoms with E-state index in [1.165, 1.54) is 11.3 Å². The monoisotopic (exact) mass is 400 g/mol. The molecule has 3 heterocycles. The zero-order valence-corrected chi connectivity index (χ0v) is 16.7. The van der Waals surface area contributed by atoms with Gasteiger partial charge in [0.1, 0.15) is 6.04 Å². The van der Waals surface area contributed by atoms with Crippen molar-refractivity contribution < 1.29 is 9.59 Å². The number of anilines is 1. The second kappa shape index (κ2) is 7.36. The topological polar surface area (TPSA) is 78.1 Å². The highest BCUT2D eigenvalue weighted by atomic mass is 32.2. The minimum absolute atomic E-state index is 0.123. The quantitative estimate of drug-likeness (QED) is 0.701. The summed E-state index contributed by atoms with van der Waals surface area (Å²) in [5, 5.41) is 4.38. The molecule has 6 nitrogen and oxygen atoms in total. The summed E-state index contributed by atoms with van der Waals surface area (Å²) in [4.78, 5) is 36.3. The van der Waals surface area contributed by atoms with Gasteiger partial charge in [0.25, 0.3) is 5.91 Å². The van der Waals surface area contributed by atoms with Gasteiger partial charge in [0.05, 0.1) is 17.1 Å². The van der Waals surface area contributed by atoms with Crippen molar-refractivity contribution >= 4 is 50.9 Å². The zero-order chi connectivity index (χ0) is 19.0. The number of H-pyrrole nitrogens is 1. The molecule has 0 bridgehead atoms. The summed E-state index contributed by atoms with van der Waals surface area (Å²) >= 11 is 3.07. The van der Waals surface area contributed by atoms with Crippen molar-refractivity contribution in [2.75, 3.05) is 16.9 Å². The van der Waals surface area contributed by atoms with Crippen LogP contribution in [-0.2, 0) is 11.2 Å². The first-order valence-electron chi connectivity index (χ1n) is 8.80. The lowest BCUT2D eigenvalue weighted by Crippen LogP contribution is -2.44. The zero-order valence-electron chi connectivity index (χ0n) is 15.1. The Bertz CT molecular complexity index is 1010. The molecule has 1 aliphatic rings. The van der Waals surface area contributed by atoms with Crippen LogP contribution in [0.1, 0.15) is 27.9 Å². The number of thioether (sulfide) groups is 1. The lowest BCUT2D eigenvalue weighted by Gasteiger charge is -2.22. The van der Waals surface area contributed by atoms with E-state index in [9.17, 15) is 9.59 Å². The number of nitrogens with zero attached hydrogens (tertiary/aromatic N) is 2. The molecule has 1 fully saturated rings. The number of aromatic nitrogens is 2. The number of carbonyl (C=O) groups excluding carboxylic acids is 2. The highest BCUT2D eigenvalue weighted by molar-refractivity contribution is 7.99. The van der Waals surface area contributed by atoms with Gasteiger partial charge < -0.3 is 15.2 Å². The van der Waals surface area contributed by atoms with Gasteiger partial charge >= 0.3 is 0 Å². The van der Waals surface area contributed by atoms with E-state index in [1.807, 2.05) is 38.1 Å². The van der Waals surface area contributed by atoms with Gasteiger partial charge in [0.15, 0.2) is 5.13 Å². The molecule has 3 aromatic rings. The Balaban J connectivity index is 1.54. The molecule has 1 aromatic carbocycles. The Morgan fingerprint density at radius 1 is 1.37 bits per heavy atom. The summed E-state index contributed by atoms with van der Waals surface area (Å²) in [6.07, 6.45) is 2.56. The number of aromatic amines is 1. The van der Waals surface area contributed by atoms with E-state index in [0.29, 0.717) is 22.3 Å². The maximum Gasteiger partial charge on any atom is 0.257 e. The average molecular weight is 401 g/mol. The van der Waals surface area contributed by atoms with Crippen molar-refractivity contribution in [1.82, 2.24) is 14.9 Å². The van der Waals surface area contributed by atoms with Crippen molar-refractivity contribution in [3.8, 4) is 0 Å². The molecule has 0 radical (unpaired) electrons. The Morgan fingerprint density at radius 3 is 2.96 bits per heavy atom. The second-order valence-corrected chi connectivity index (χ2v) is 8.61. The first-order chi connectivity index (χ1) is 13.1. The van der Waals surface area contributed by atoms with Gasteiger partial charge in [-0.1, -0.05) is 25.1 Å². The molecule has 27 heavy (non-hydrogen) atoms. The first kappa shape index (κ1) is 18.1. The van der Waals surface area contributed by atoms with E-state index in [0.717, 1.165) is 27.9 Å². The van der Waals surface area contributed by atoms with Crippen LogP contribution in [-0.4, -0.2) is 44.4 Å². The number of carbonyl (C=O) groups is 2. The SMILES string of the molecule is CCc1nc(NC(=O)[C@@H]2CSCN2C(=O)c2c[nH]c3ccccc23)sc1C. The number of thiazole rings is 1.